The number of nitrogens with zero attached hydrogens (tertiary/aromatic N) is 1. The number of benzene rings is 1. The molecule has 0 fully saturated rings. The third kappa shape index (κ3) is 11.5. The van der Waals surface area contributed by atoms with Crippen molar-refractivity contribution in [3.63, 3.8) is 0 Å². The summed E-state index contributed by atoms with van der Waals surface area (Å²) in [5, 5.41) is 6.59. The molecule has 1 rings (SSSR count). The number of rotatable bonds is 11. The molecular weight excluding hydrogens is 417 g/mol. The van der Waals surface area contributed by atoms with Gasteiger partial charge >= 0.3 is 0 Å². The fourth-order valence-electron chi connectivity index (χ4n) is 2.00. The van der Waals surface area contributed by atoms with E-state index in [0.29, 0.717) is 0 Å². The maximum atomic E-state index is 5.71. The first-order chi connectivity index (χ1) is 11.3. The quantitative estimate of drug-likeness (QED) is 0.236. The van der Waals surface area contributed by atoms with E-state index in [1.807, 2.05) is 19.1 Å². The van der Waals surface area contributed by atoms with Crippen molar-refractivity contribution in [2.24, 2.45) is 4.99 Å². The van der Waals surface area contributed by atoms with Crippen molar-refractivity contribution in [1.82, 2.24) is 10.6 Å². The average Bonchev–Trinajstić information content (AvgIpc) is 2.57. The van der Waals surface area contributed by atoms with Crippen molar-refractivity contribution in [2.75, 3.05) is 40.0 Å². The van der Waals surface area contributed by atoms with Gasteiger partial charge in [-0.05, 0) is 45.2 Å². The van der Waals surface area contributed by atoms with E-state index >= 15 is 0 Å². The van der Waals surface area contributed by atoms with Crippen molar-refractivity contribution in [3.8, 4) is 5.75 Å². The summed E-state index contributed by atoms with van der Waals surface area (Å²) in [6.07, 6.45) is 3.05. The number of aryl methyl sites for hydroxylation is 1. The summed E-state index contributed by atoms with van der Waals surface area (Å²) in [7, 11) is 1.79. The fourth-order valence-corrected chi connectivity index (χ4v) is 2.00. The SMILES string of the molecule is CCOCCCNC(=NC)NCCCCOc1ccc(C)cc1.I. The minimum atomic E-state index is 0. The number of guanidine groups is 1. The maximum absolute atomic E-state index is 5.71. The lowest BCUT2D eigenvalue weighted by atomic mass is 10.2. The number of halogens is 1. The van der Waals surface area contributed by atoms with Gasteiger partial charge in [-0.25, -0.2) is 0 Å². The minimum Gasteiger partial charge on any atom is -0.494 e. The van der Waals surface area contributed by atoms with E-state index in [-0.39, 0.29) is 24.0 Å². The van der Waals surface area contributed by atoms with Crippen LogP contribution in [0, 0.1) is 6.92 Å². The van der Waals surface area contributed by atoms with Gasteiger partial charge in [0.1, 0.15) is 5.75 Å². The third-order valence-corrected chi connectivity index (χ3v) is 3.34. The van der Waals surface area contributed by atoms with Crippen molar-refractivity contribution in [3.05, 3.63) is 29.8 Å². The summed E-state index contributed by atoms with van der Waals surface area (Å²) in [5.41, 5.74) is 1.25. The molecule has 6 heteroatoms. The first-order valence-electron chi connectivity index (χ1n) is 8.48. The molecule has 138 valence electrons. The lowest BCUT2D eigenvalue weighted by Crippen LogP contribution is -2.38. The van der Waals surface area contributed by atoms with Crippen molar-refractivity contribution in [2.45, 2.75) is 33.1 Å². The monoisotopic (exact) mass is 449 g/mol. The highest BCUT2D eigenvalue weighted by atomic mass is 127. The van der Waals surface area contributed by atoms with Crippen LogP contribution in [0.4, 0.5) is 0 Å². The standard InChI is InChI=1S/C18H31N3O2.HI/c1-4-22-14-7-13-21-18(19-3)20-12-5-6-15-23-17-10-8-16(2)9-11-17;/h8-11H,4-7,12-15H2,1-3H3,(H2,19,20,21);1H. The van der Waals surface area contributed by atoms with Gasteiger partial charge in [0, 0.05) is 33.4 Å². The van der Waals surface area contributed by atoms with E-state index in [4.69, 9.17) is 9.47 Å². The zero-order chi connectivity index (χ0) is 16.8. The predicted octanol–water partition coefficient (Wildman–Crippen LogP) is 3.36. The highest BCUT2D eigenvalue weighted by Gasteiger charge is 1.97. The molecule has 0 unspecified atom stereocenters. The van der Waals surface area contributed by atoms with Gasteiger partial charge in [-0.3, -0.25) is 4.99 Å². The highest BCUT2D eigenvalue weighted by Crippen LogP contribution is 2.11. The molecule has 0 bridgehead atoms. The fraction of sp³-hybridized carbons (Fsp3) is 0.611. The average molecular weight is 449 g/mol. The van der Waals surface area contributed by atoms with Crippen LogP contribution < -0.4 is 15.4 Å². The minimum absolute atomic E-state index is 0. The Hall–Kier alpha value is -1.02. The van der Waals surface area contributed by atoms with Gasteiger partial charge in [-0.15, -0.1) is 24.0 Å². The Labute approximate surface area is 163 Å². The van der Waals surface area contributed by atoms with Crippen molar-refractivity contribution >= 4 is 29.9 Å². The third-order valence-electron chi connectivity index (χ3n) is 3.34. The Morgan fingerprint density at radius 2 is 1.67 bits per heavy atom. The topological polar surface area (TPSA) is 54.9 Å². The Morgan fingerprint density at radius 1 is 1.00 bits per heavy atom. The van der Waals surface area contributed by atoms with Gasteiger partial charge in [-0.2, -0.15) is 0 Å². The first-order valence-corrected chi connectivity index (χ1v) is 8.48. The molecule has 1 aromatic carbocycles. The van der Waals surface area contributed by atoms with Gasteiger partial charge in [0.15, 0.2) is 5.96 Å². The molecule has 2 N–H and O–H groups in total. The number of hydrogen-bond acceptors (Lipinski definition) is 3. The van der Waals surface area contributed by atoms with Gasteiger partial charge in [0.25, 0.3) is 0 Å². The van der Waals surface area contributed by atoms with E-state index in [1.165, 1.54) is 5.56 Å². The molecule has 0 spiro atoms. The summed E-state index contributed by atoms with van der Waals surface area (Å²) in [6.45, 7) is 8.15. The zero-order valence-electron chi connectivity index (χ0n) is 15.1. The van der Waals surface area contributed by atoms with Crippen LogP contribution in [0.5, 0.6) is 5.75 Å². The van der Waals surface area contributed by atoms with Crippen LogP contribution in [0.3, 0.4) is 0 Å². The van der Waals surface area contributed by atoms with Crippen LogP contribution in [0.15, 0.2) is 29.3 Å². The van der Waals surface area contributed by atoms with Crippen LogP contribution in [0.25, 0.3) is 0 Å². The van der Waals surface area contributed by atoms with Crippen LogP contribution in [0.1, 0.15) is 31.7 Å². The molecule has 0 amide bonds. The molecule has 1 aromatic rings. The van der Waals surface area contributed by atoms with Gasteiger partial charge in [-0.1, -0.05) is 17.7 Å². The smallest absolute Gasteiger partial charge is 0.190 e. The van der Waals surface area contributed by atoms with Crippen LogP contribution in [-0.4, -0.2) is 45.9 Å². The summed E-state index contributed by atoms with van der Waals surface area (Å²) in [4.78, 5) is 4.20. The predicted molar refractivity (Wildman–Crippen MR) is 112 cm³/mol. The van der Waals surface area contributed by atoms with Crippen molar-refractivity contribution in [1.29, 1.82) is 0 Å². The van der Waals surface area contributed by atoms with Gasteiger partial charge < -0.3 is 20.1 Å². The van der Waals surface area contributed by atoms with Crippen molar-refractivity contribution < 1.29 is 9.47 Å². The second-order valence-corrected chi connectivity index (χ2v) is 5.34. The number of hydrogen-bond donors (Lipinski definition) is 2. The molecular formula is C18H32IN3O2. The number of ether oxygens (including phenoxy) is 2. The molecule has 0 aliphatic rings. The number of aliphatic imine (C=N–C) groups is 1. The Kier molecular flexibility index (Phi) is 14.8. The lowest BCUT2D eigenvalue weighted by Gasteiger charge is -2.12. The zero-order valence-corrected chi connectivity index (χ0v) is 17.5. The van der Waals surface area contributed by atoms with Gasteiger partial charge in [0.2, 0.25) is 0 Å². The second-order valence-electron chi connectivity index (χ2n) is 5.34. The van der Waals surface area contributed by atoms with Crippen LogP contribution >= 0.6 is 24.0 Å². The summed E-state index contributed by atoms with van der Waals surface area (Å²) < 4.78 is 11.0. The van der Waals surface area contributed by atoms with E-state index in [9.17, 15) is 0 Å². The molecule has 0 aliphatic heterocycles. The van der Waals surface area contributed by atoms with Gasteiger partial charge in [0.05, 0.1) is 6.61 Å². The number of unbranched alkanes of at least 4 members (excludes halogenated alkanes) is 1. The van der Waals surface area contributed by atoms with E-state index in [0.717, 1.165) is 63.9 Å². The van der Waals surface area contributed by atoms with Crippen LogP contribution in [0.2, 0.25) is 0 Å². The molecule has 0 radical (unpaired) electrons. The largest absolute Gasteiger partial charge is 0.494 e. The molecule has 5 nitrogen and oxygen atoms in total. The number of nitrogens with one attached hydrogen (secondary N) is 2. The lowest BCUT2D eigenvalue weighted by molar-refractivity contribution is 0.145. The van der Waals surface area contributed by atoms with E-state index in [2.05, 4.69) is 34.7 Å². The molecule has 0 heterocycles. The molecule has 0 saturated carbocycles. The first kappa shape index (κ1) is 23.0. The molecule has 0 atom stereocenters. The molecule has 24 heavy (non-hydrogen) atoms. The van der Waals surface area contributed by atoms with E-state index < -0.39 is 0 Å². The Bertz CT molecular complexity index is 438. The Morgan fingerprint density at radius 3 is 2.29 bits per heavy atom. The summed E-state index contributed by atoms with van der Waals surface area (Å²) in [6, 6.07) is 8.17. The van der Waals surface area contributed by atoms with Crippen LogP contribution in [-0.2, 0) is 4.74 Å². The maximum Gasteiger partial charge on any atom is 0.190 e. The van der Waals surface area contributed by atoms with E-state index in [1.54, 1.807) is 7.05 Å². The second kappa shape index (κ2) is 15.5. The Balaban J connectivity index is 0.00000529. The summed E-state index contributed by atoms with van der Waals surface area (Å²) >= 11 is 0. The summed E-state index contributed by atoms with van der Waals surface area (Å²) in [5.74, 6) is 1.79. The molecule has 0 aliphatic carbocycles. The molecule has 0 saturated heterocycles. The highest BCUT2D eigenvalue weighted by molar-refractivity contribution is 14.0. The normalized spacial score (nSPS) is 10.9. The molecule has 0 aromatic heterocycles.